The van der Waals surface area contributed by atoms with E-state index in [2.05, 4.69) is 15.6 Å². The number of anilines is 3. The number of aryl methyl sites for hydroxylation is 1. The van der Waals surface area contributed by atoms with E-state index in [0.29, 0.717) is 16.9 Å². The van der Waals surface area contributed by atoms with Crippen molar-refractivity contribution in [3.8, 4) is 0 Å². The van der Waals surface area contributed by atoms with Gasteiger partial charge in [0.15, 0.2) is 5.78 Å². The highest BCUT2D eigenvalue weighted by molar-refractivity contribution is 6.03. The molecular weight excluding hydrogens is 326 g/mol. The van der Waals surface area contributed by atoms with Crippen molar-refractivity contribution in [1.29, 1.82) is 0 Å². The van der Waals surface area contributed by atoms with E-state index >= 15 is 0 Å². The highest BCUT2D eigenvalue weighted by Gasteiger charge is 2.09. The van der Waals surface area contributed by atoms with E-state index in [1.807, 2.05) is 37.3 Å². The summed E-state index contributed by atoms with van der Waals surface area (Å²) in [6.07, 6.45) is 1.59. The number of carbonyl (C=O) groups is 2. The van der Waals surface area contributed by atoms with Gasteiger partial charge in [-0.25, -0.2) is 0 Å². The van der Waals surface area contributed by atoms with Gasteiger partial charge in [-0.2, -0.15) is 0 Å². The number of nitrogens with one attached hydrogen (secondary N) is 2. The van der Waals surface area contributed by atoms with Gasteiger partial charge < -0.3 is 10.6 Å². The lowest BCUT2D eigenvalue weighted by Gasteiger charge is -2.10. The van der Waals surface area contributed by atoms with Crippen LogP contribution in [0.3, 0.4) is 0 Å². The third-order valence-electron chi connectivity index (χ3n) is 3.97. The smallest absolute Gasteiger partial charge is 0.274 e. The maximum absolute atomic E-state index is 12.4. The SMILES string of the molecule is CC(=O)c1ccc(NC(=O)c2cc(Nc3ccccc3C)ccn2)cc1. The molecule has 0 fully saturated rings. The number of hydrogen-bond acceptors (Lipinski definition) is 4. The van der Waals surface area contributed by atoms with E-state index in [1.54, 1.807) is 36.5 Å². The number of ketones is 1. The van der Waals surface area contributed by atoms with Crippen LogP contribution in [0.25, 0.3) is 0 Å². The Bertz CT molecular complexity index is 949. The standard InChI is InChI=1S/C21H19N3O2/c1-14-5-3-4-6-19(14)23-18-11-12-22-20(13-18)21(26)24-17-9-7-16(8-10-17)15(2)25/h3-13H,1-2H3,(H,22,23)(H,24,26). The highest BCUT2D eigenvalue weighted by Crippen LogP contribution is 2.20. The molecule has 0 saturated heterocycles. The first-order chi connectivity index (χ1) is 12.5. The van der Waals surface area contributed by atoms with E-state index in [9.17, 15) is 9.59 Å². The van der Waals surface area contributed by atoms with Crippen LogP contribution in [-0.4, -0.2) is 16.7 Å². The normalized spacial score (nSPS) is 10.2. The summed E-state index contributed by atoms with van der Waals surface area (Å²) in [7, 11) is 0. The lowest BCUT2D eigenvalue weighted by atomic mass is 10.1. The third kappa shape index (κ3) is 4.13. The average Bonchev–Trinajstić information content (AvgIpc) is 2.64. The maximum atomic E-state index is 12.4. The van der Waals surface area contributed by atoms with Crippen LogP contribution in [0.1, 0.15) is 33.3 Å². The van der Waals surface area contributed by atoms with Gasteiger partial charge in [-0.3, -0.25) is 14.6 Å². The number of benzene rings is 2. The molecule has 0 bridgehead atoms. The number of amides is 1. The molecule has 26 heavy (non-hydrogen) atoms. The number of aromatic nitrogens is 1. The number of hydrogen-bond donors (Lipinski definition) is 2. The Morgan fingerprint density at radius 2 is 1.65 bits per heavy atom. The summed E-state index contributed by atoms with van der Waals surface area (Å²) in [6.45, 7) is 3.52. The molecule has 0 aliphatic carbocycles. The van der Waals surface area contributed by atoms with Crippen LogP contribution in [0.2, 0.25) is 0 Å². The number of pyridine rings is 1. The van der Waals surface area contributed by atoms with Crippen LogP contribution in [0, 0.1) is 6.92 Å². The predicted octanol–water partition coefficient (Wildman–Crippen LogP) is 4.59. The Hall–Kier alpha value is -3.47. The second kappa shape index (κ2) is 7.61. The van der Waals surface area contributed by atoms with Crippen LogP contribution < -0.4 is 10.6 Å². The first-order valence-electron chi connectivity index (χ1n) is 8.24. The first-order valence-corrected chi connectivity index (χ1v) is 8.24. The lowest BCUT2D eigenvalue weighted by Crippen LogP contribution is -2.14. The van der Waals surface area contributed by atoms with Crippen molar-refractivity contribution >= 4 is 28.8 Å². The number of carbonyl (C=O) groups excluding carboxylic acids is 2. The van der Waals surface area contributed by atoms with Crippen LogP contribution in [-0.2, 0) is 0 Å². The molecule has 3 rings (SSSR count). The number of Topliss-reactive ketones (excluding diaryl/α,β-unsaturated/α-hetero) is 1. The van der Waals surface area contributed by atoms with E-state index < -0.39 is 0 Å². The summed E-state index contributed by atoms with van der Waals surface area (Å²) in [5.74, 6) is -0.325. The molecule has 0 aliphatic rings. The summed E-state index contributed by atoms with van der Waals surface area (Å²) < 4.78 is 0. The van der Waals surface area contributed by atoms with Crippen LogP contribution >= 0.6 is 0 Å². The summed E-state index contributed by atoms with van der Waals surface area (Å²) in [6, 6.07) is 18.2. The lowest BCUT2D eigenvalue weighted by molar-refractivity contribution is 0.101. The van der Waals surface area contributed by atoms with E-state index in [0.717, 1.165) is 16.9 Å². The zero-order valence-electron chi connectivity index (χ0n) is 14.6. The van der Waals surface area contributed by atoms with Gasteiger partial charge in [0.05, 0.1) is 0 Å². The number of para-hydroxylation sites is 1. The zero-order chi connectivity index (χ0) is 18.5. The van der Waals surface area contributed by atoms with Gasteiger partial charge in [-0.1, -0.05) is 18.2 Å². The molecule has 0 radical (unpaired) electrons. The molecule has 0 unspecified atom stereocenters. The molecule has 0 spiro atoms. The van der Waals surface area contributed by atoms with Crippen molar-refractivity contribution in [2.24, 2.45) is 0 Å². The van der Waals surface area contributed by atoms with Crippen LogP contribution in [0.15, 0.2) is 66.9 Å². The number of rotatable bonds is 5. The topological polar surface area (TPSA) is 71.1 Å². The fourth-order valence-corrected chi connectivity index (χ4v) is 2.48. The fraction of sp³-hybridized carbons (Fsp3) is 0.0952. The van der Waals surface area contributed by atoms with Gasteiger partial charge >= 0.3 is 0 Å². The summed E-state index contributed by atoms with van der Waals surface area (Å²) in [5, 5.41) is 6.08. The van der Waals surface area contributed by atoms with Crippen molar-refractivity contribution in [3.05, 3.63) is 83.7 Å². The number of nitrogens with zero attached hydrogens (tertiary/aromatic N) is 1. The van der Waals surface area contributed by atoms with Gasteiger partial charge in [-0.15, -0.1) is 0 Å². The van der Waals surface area contributed by atoms with Crippen molar-refractivity contribution in [3.63, 3.8) is 0 Å². The summed E-state index contributed by atoms with van der Waals surface area (Å²) in [5.41, 5.74) is 4.39. The van der Waals surface area contributed by atoms with E-state index in [1.165, 1.54) is 6.92 Å². The molecule has 1 amide bonds. The molecule has 0 atom stereocenters. The molecule has 2 aromatic carbocycles. The van der Waals surface area contributed by atoms with Crippen molar-refractivity contribution in [2.75, 3.05) is 10.6 Å². The second-order valence-corrected chi connectivity index (χ2v) is 5.96. The molecule has 0 saturated carbocycles. The Labute approximate surface area is 152 Å². The second-order valence-electron chi connectivity index (χ2n) is 5.96. The molecular formula is C21H19N3O2. The van der Waals surface area contributed by atoms with Crippen molar-refractivity contribution < 1.29 is 9.59 Å². The molecule has 130 valence electrons. The molecule has 2 N–H and O–H groups in total. The van der Waals surface area contributed by atoms with Crippen molar-refractivity contribution in [1.82, 2.24) is 4.98 Å². The largest absolute Gasteiger partial charge is 0.355 e. The minimum atomic E-state index is -0.311. The molecule has 1 heterocycles. The van der Waals surface area contributed by atoms with Crippen LogP contribution in [0.4, 0.5) is 17.1 Å². The Balaban J connectivity index is 1.74. The molecule has 3 aromatic rings. The first kappa shape index (κ1) is 17.4. The monoisotopic (exact) mass is 345 g/mol. The summed E-state index contributed by atoms with van der Waals surface area (Å²) in [4.78, 5) is 27.9. The summed E-state index contributed by atoms with van der Waals surface area (Å²) >= 11 is 0. The van der Waals surface area contributed by atoms with E-state index in [-0.39, 0.29) is 11.7 Å². The highest BCUT2D eigenvalue weighted by atomic mass is 16.2. The van der Waals surface area contributed by atoms with Gasteiger partial charge in [0.25, 0.3) is 5.91 Å². The van der Waals surface area contributed by atoms with Gasteiger partial charge in [0, 0.05) is 28.8 Å². The van der Waals surface area contributed by atoms with Gasteiger partial charge in [0.2, 0.25) is 0 Å². The molecule has 0 aliphatic heterocycles. The maximum Gasteiger partial charge on any atom is 0.274 e. The van der Waals surface area contributed by atoms with Crippen molar-refractivity contribution in [2.45, 2.75) is 13.8 Å². The minimum Gasteiger partial charge on any atom is -0.355 e. The third-order valence-corrected chi connectivity index (χ3v) is 3.97. The predicted molar refractivity (Wildman–Crippen MR) is 103 cm³/mol. The average molecular weight is 345 g/mol. The zero-order valence-corrected chi connectivity index (χ0v) is 14.6. The quantitative estimate of drug-likeness (QED) is 0.664. The Morgan fingerprint density at radius 1 is 0.923 bits per heavy atom. The molecule has 5 nitrogen and oxygen atoms in total. The van der Waals surface area contributed by atoms with Crippen LogP contribution in [0.5, 0.6) is 0 Å². The fourth-order valence-electron chi connectivity index (χ4n) is 2.48. The Morgan fingerprint density at radius 3 is 2.35 bits per heavy atom. The minimum absolute atomic E-state index is 0.0143. The molecule has 5 heteroatoms. The van der Waals surface area contributed by atoms with Gasteiger partial charge in [0.1, 0.15) is 5.69 Å². The molecule has 1 aromatic heterocycles. The Kier molecular flexibility index (Phi) is 5.08. The van der Waals surface area contributed by atoms with E-state index in [4.69, 9.17) is 0 Å². The van der Waals surface area contributed by atoms with Gasteiger partial charge in [-0.05, 0) is 61.9 Å².